The van der Waals surface area contributed by atoms with Gasteiger partial charge in [-0.05, 0) is 24.3 Å². The second-order valence-electron chi connectivity index (χ2n) is 3.85. The van der Waals surface area contributed by atoms with Crippen LogP contribution >= 0.6 is 0 Å². The van der Waals surface area contributed by atoms with E-state index in [1.807, 2.05) is 30.3 Å². The molecule has 2 N–H and O–H groups in total. The van der Waals surface area contributed by atoms with E-state index < -0.39 is 0 Å². The zero-order valence-electron chi connectivity index (χ0n) is 10.5. The van der Waals surface area contributed by atoms with Crippen LogP contribution in [-0.2, 0) is 6.54 Å². The quantitative estimate of drug-likeness (QED) is 0.782. The predicted octanol–water partition coefficient (Wildman–Crippen LogP) is 2.16. The predicted molar refractivity (Wildman–Crippen MR) is 70.9 cm³/mol. The van der Waals surface area contributed by atoms with Crippen molar-refractivity contribution in [3.05, 3.63) is 54.5 Å². The Labute approximate surface area is 111 Å². The van der Waals surface area contributed by atoms with Crippen molar-refractivity contribution in [2.24, 2.45) is 0 Å². The first-order valence-electron chi connectivity index (χ1n) is 6.06. The Hall–Kier alpha value is -2.43. The van der Waals surface area contributed by atoms with Gasteiger partial charge in [-0.2, -0.15) is 0 Å². The summed E-state index contributed by atoms with van der Waals surface area (Å²) >= 11 is 0. The SMILES string of the molecule is O=C(NCCOc1ccccc1)NCc1ccco1. The molecule has 1 aromatic carbocycles. The van der Waals surface area contributed by atoms with Crippen LogP contribution in [0.2, 0.25) is 0 Å². The van der Waals surface area contributed by atoms with Crippen LogP contribution in [0.4, 0.5) is 4.79 Å². The second kappa shape index (κ2) is 7.10. The largest absolute Gasteiger partial charge is 0.492 e. The summed E-state index contributed by atoms with van der Waals surface area (Å²) in [5.74, 6) is 1.51. The minimum absolute atomic E-state index is 0.243. The van der Waals surface area contributed by atoms with Crippen LogP contribution in [0.1, 0.15) is 5.76 Å². The highest BCUT2D eigenvalue weighted by molar-refractivity contribution is 5.73. The van der Waals surface area contributed by atoms with Crippen LogP contribution in [0.25, 0.3) is 0 Å². The van der Waals surface area contributed by atoms with Crippen molar-refractivity contribution < 1.29 is 13.9 Å². The number of urea groups is 1. The number of carbonyl (C=O) groups is 1. The molecular formula is C14H16N2O3. The first kappa shape index (κ1) is 13.0. The summed E-state index contributed by atoms with van der Waals surface area (Å²) in [6.07, 6.45) is 1.57. The first-order valence-corrected chi connectivity index (χ1v) is 6.06. The lowest BCUT2D eigenvalue weighted by atomic mass is 10.3. The van der Waals surface area contributed by atoms with Gasteiger partial charge in [-0.15, -0.1) is 0 Å². The van der Waals surface area contributed by atoms with Crippen molar-refractivity contribution >= 4 is 6.03 Å². The number of furan rings is 1. The molecule has 100 valence electrons. The van der Waals surface area contributed by atoms with Crippen LogP contribution in [-0.4, -0.2) is 19.2 Å². The van der Waals surface area contributed by atoms with Crippen LogP contribution < -0.4 is 15.4 Å². The molecule has 0 aliphatic rings. The number of para-hydroxylation sites is 1. The monoisotopic (exact) mass is 260 g/mol. The number of amides is 2. The van der Waals surface area contributed by atoms with E-state index in [9.17, 15) is 4.79 Å². The third-order valence-corrected chi connectivity index (χ3v) is 2.40. The number of hydrogen-bond donors (Lipinski definition) is 2. The molecule has 5 heteroatoms. The van der Waals surface area contributed by atoms with Gasteiger partial charge in [0.2, 0.25) is 0 Å². The maximum atomic E-state index is 11.4. The number of carbonyl (C=O) groups excluding carboxylic acids is 1. The fourth-order valence-electron chi connectivity index (χ4n) is 1.49. The van der Waals surface area contributed by atoms with E-state index in [0.29, 0.717) is 19.7 Å². The molecule has 0 unspecified atom stereocenters. The van der Waals surface area contributed by atoms with Gasteiger partial charge >= 0.3 is 6.03 Å². The summed E-state index contributed by atoms with van der Waals surface area (Å²) in [7, 11) is 0. The molecule has 0 aliphatic carbocycles. The highest BCUT2D eigenvalue weighted by atomic mass is 16.5. The second-order valence-corrected chi connectivity index (χ2v) is 3.85. The molecular weight excluding hydrogens is 244 g/mol. The topological polar surface area (TPSA) is 63.5 Å². The lowest BCUT2D eigenvalue weighted by Crippen LogP contribution is -2.37. The van der Waals surface area contributed by atoms with Crippen molar-refractivity contribution in [3.63, 3.8) is 0 Å². The van der Waals surface area contributed by atoms with Gasteiger partial charge in [0.1, 0.15) is 18.1 Å². The lowest BCUT2D eigenvalue weighted by molar-refractivity contribution is 0.235. The molecule has 0 aliphatic heterocycles. The fourth-order valence-corrected chi connectivity index (χ4v) is 1.49. The third kappa shape index (κ3) is 4.75. The molecule has 2 aromatic rings. The Balaban J connectivity index is 1.57. The molecule has 0 saturated heterocycles. The summed E-state index contributed by atoms with van der Waals surface area (Å²) in [6.45, 7) is 1.25. The molecule has 0 bridgehead atoms. The third-order valence-electron chi connectivity index (χ3n) is 2.40. The molecule has 0 fully saturated rings. The van der Waals surface area contributed by atoms with Crippen molar-refractivity contribution in [3.8, 4) is 5.75 Å². The molecule has 1 aromatic heterocycles. The molecule has 2 amide bonds. The molecule has 5 nitrogen and oxygen atoms in total. The summed E-state index contributed by atoms with van der Waals surface area (Å²) in [6, 6.07) is 12.8. The van der Waals surface area contributed by atoms with Crippen molar-refractivity contribution in [1.29, 1.82) is 0 Å². The van der Waals surface area contributed by atoms with Crippen LogP contribution in [0, 0.1) is 0 Å². The average Bonchev–Trinajstić information content (AvgIpc) is 2.96. The molecule has 19 heavy (non-hydrogen) atoms. The van der Waals surface area contributed by atoms with Gasteiger partial charge in [0, 0.05) is 0 Å². The first-order chi connectivity index (χ1) is 9.34. The molecule has 1 heterocycles. The summed E-state index contributed by atoms with van der Waals surface area (Å²) < 4.78 is 10.5. The average molecular weight is 260 g/mol. The van der Waals surface area contributed by atoms with Crippen LogP contribution in [0.3, 0.4) is 0 Å². The minimum atomic E-state index is -0.243. The zero-order chi connectivity index (χ0) is 13.3. The lowest BCUT2D eigenvalue weighted by Gasteiger charge is -2.08. The van der Waals surface area contributed by atoms with Gasteiger partial charge in [-0.3, -0.25) is 0 Å². The van der Waals surface area contributed by atoms with Crippen LogP contribution in [0.5, 0.6) is 5.75 Å². The number of rotatable bonds is 6. The van der Waals surface area contributed by atoms with Gasteiger partial charge in [0.15, 0.2) is 0 Å². The Kier molecular flexibility index (Phi) is 4.87. The minimum Gasteiger partial charge on any atom is -0.492 e. The van der Waals surface area contributed by atoms with Gasteiger partial charge in [0.25, 0.3) is 0 Å². The standard InChI is InChI=1S/C14H16N2O3/c17-14(16-11-13-7-4-9-18-13)15-8-10-19-12-5-2-1-3-6-12/h1-7,9H,8,10-11H2,(H2,15,16,17). The summed E-state index contributed by atoms with van der Waals surface area (Å²) in [4.78, 5) is 11.4. The maximum Gasteiger partial charge on any atom is 0.315 e. The zero-order valence-corrected chi connectivity index (χ0v) is 10.5. The van der Waals surface area contributed by atoms with E-state index in [1.165, 1.54) is 0 Å². The van der Waals surface area contributed by atoms with E-state index in [-0.39, 0.29) is 6.03 Å². The van der Waals surface area contributed by atoms with E-state index >= 15 is 0 Å². The summed E-state index contributed by atoms with van der Waals surface area (Å²) in [5.41, 5.74) is 0. The molecule has 0 atom stereocenters. The Morgan fingerprint density at radius 2 is 1.95 bits per heavy atom. The molecule has 0 spiro atoms. The summed E-state index contributed by atoms with van der Waals surface area (Å²) in [5, 5.41) is 5.38. The Morgan fingerprint density at radius 3 is 2.68 bits per heavy atom. The van der Waals surface area contributed by atoms with Crippen molar-refractivity contribution in [2.45, 2.75) is 6.54 Å². The van der Waals surface area contributed by atoms with Gasteiger partial charge in [-0.25, -0.2) is 4.79 Å². The number of hydrogen-bond acceptors (Lipinski definition) is 3. The van der Waals surface area contributed by atoms with Gasteiger partial charge < -0.3 is 19.8 Å². The van der Waals surface area contributed by atoms with E-state index in [0.717, 1.165) is 11.5 Å². The Morgan fingerprint density at radius 1 is 1.11 bits per heavy atom. The van der Waals surface area contributed by atoms with E-state index in [4.69, 9.17) is 9.15 Å². The van der Waals surface area contributed by atoms with Crippen molar-refractivity contribution in [1.82, 2.24) is 10.6 Å². The highest BCUT2D eigenvalue weighted by Crippen LogP contribution is 2.07. The van der Waals surface area contributed by atoms with E-state index in [1.54, 1.807) is 18.4 Å². The number of ether oxygens (including phenoxy) is 1. The Bertz CT molecular complexity index is 483. The van der Waals surface area contributed by atoms with Gasteiger partial charge in [0.05, 0.1) is 19.4 Å². The van der Waals surface area contributed by atoms with Crippen molar-refractivity contribution in [2.75, 3.05) is 13.2 Å². The smallest absolute Gasteiger partial charge is 0.315 e. The normalized spacial score (nSPS) is 9.89. The van der Waals surface area contributed by atoms with Gasteiger partial charge in [-0.1, -0.05) is 18.2 Å². The molecule has 2 rings (SSSR count). The maximum absolute atomic E-state index is 11.4. The van der Waals surface area contributed by atoms with Crippen LogP contribution in [0.15, 0.2) is 53.1 Å². The van der Waals surface area contributed by atoms with E-state index in [2.05, 4.69) is 10.6 Å². The number of benzene rings is 1. The number of nitrogens with one attached hydrogen (secondary N) is 2. The molecule has 0 saturated carbocycles. The molecule has 0 radical (unpaired) electrons. The highest BCUT2D eigenvalue weighted by Gasteiger charge is 2.01. The fraction of sp³-hybridized carbons (Fsp3) is 0.214.